The summed E-state index contributed by atoms with van der Waals surface area (Å²) in [6, 6.07) is 11.0. The summed E-state index contributed by atoms with van der Waals surface area (Å²) in [5, 5.41) is 9.16. The number of amides is 1. The minimum atomic E-state index is -3.73. The zero-order valence-corrected chi connectivity index (χ0v) is 20.1. The number of fused-ring (bicyclic) bond motifs is 1. The van der Waals surface area contributed by atoms with E-state index < -0.39 is 33.6 Å². The second kappa shape index (κ2) is 10.1. The first kappa shape index (κ1) is 25.1. The van der Waals surface area contributed by atoms with Gasteiger partial charge in [0.1, 0.15) is 0 Å². The van der Waals surface area contributed by atoms with Crippen LogP contribution in [-0.2, 0) is 19.6 Å². The lowest BCUT2D eigenvalue weighted by atomic mass is 10.1. The molecule has 180 valence electrons. The molecule has 2 N–H and O–H groups in total. The van der Waals surface area contributed by atoms with Gasteiger partial charge >= 0.3 is 5.97 Å². The highest BCUT2D eigenvalue weighted by atomic mass is 32.2. The van der Waals surface area contributed by atoms with Crippen molar-refractivity contribution in [2.45, 2.75) is 38.7 Å². The van der Waals surface area contributed by atoms with Crippen molar-refractivity contribution in [3.8, 4) is 0 Å². The molecule has 0 aliphatic heterocycles. The maximum Gasteiger partial charge on any atom is 0.360 e. The van der Waals surface area contributed by atoms with Gasteiger partial charge < -0.3 is 10.1 Å². The predicted molar refractivity (Wildman–Crippen MR) is 127 cm³/mol. The van der Waals surface area contributed by atoms with Crippen LogP contribution in [0.3, 0.4) is 0 Å². The Kier molecular flexibility index (Phi) is 7.48. The predicted octanol–water partition coefficient (Wildman–Crippen LogP) is 2.45. The lowest BCUT2D eigenvalue weighted by Gasteiger charge is -2.20. The zero-order chi connectivity index (χ0) is 25.0. The second-order valence-electron chi connectivity index (χ2n) is 7.55. The third kappa shape index (κ3) is 5.00. The van der Waals surface area contributed by atoms with Crippen LogP contribution in [-0.4, -0.2) is 54.0 Å². The smallest absolute Gasteiger partial charge is 0.360 e. The van der Waals surface area contributed by atoms with Gasteiger partial charge in [-0.2, -0.15) is 9.40 Å². The molecule has 0 aliphatic carbocycles. The third-order valence-corrected chi connectivity index (χ3v) is 7.51. The Morgan fingerprint density at radius 2 is 1.76 bits per heavy atom. The number of sulfonamides is 1. The number of hydrogen-bond acceptors (Lipinski definition) is 7. The van der Waals surface area contributed by atoms with E-state index in [1.165, 1.54) is 17.3 Å². The number of hydrogen-bond donors (Lipinski definition) is 2. The Morgan fingerprint density at radius 1 is 1.12 bits per heavy atom. The summed E-state index contributed by atoms with van der Waals surface area (Å²) in [5.41, 5.74) is 0.211. The van der Waals surface area contributed by atoms with Crippen LogP contribution in [0.4, 0.5) is 5.69 Å². The fourth-order valence-corrected chi connectivity index (χ4v) is 5.15. The molecule has 1 unspecified atom stereocenters. The largest absolute Gasteiger partial charge is 0.448 e. The molecule has 3 aromatic rings. The van der Waals surface area contributed by atoms with Gasteiger partial charge in [-0.1, -0.05) is 38.1 Å². The van der Waals surface area contributed by atoms with E-state index in [4.69, 9.17) is 4.74 Å². The van der Waals surface area contributed by atoms with Crippen LogP contribution >= 0.6 is 0 Å². The molecular weight excluding hydrogens is 460 g/mol. The highest BCUT2D eigenvalue weighted by Crippen LogP contribution is 2.24. The number of ether oxygens (including phenoxy) is 1. The van der Waals surface area contributed by atoms with Gasteiger partial charge in [0, 0.05) is 24.2 Å². The molecule has 3 rings (SSSR count). The minimum Gasteiger partial charge on any atom is -0.448 e. The molecule has 0 fully saturated rings. The van der Waals surface area contributed by atoms with Crippen LogP contribution in [0.1, 0.15) is 36.8 Å². The van der Waals surface area contributed by atoms with Crippen LogP contribution in [0.25, 0.3) is 10.8 Å². The average molecular weight is 487 g/mol. The summed E-state index contributed by atoms with van der Waals surface area (Å²) in [6.45, 7) is 7.18. The highest BCUT2D eigenvalue weighted by Gasteiger charge is 2.26. The summed E-state index contributed by atoms with van der Waals surface area (Å²) in [6.07, 6.45) is -1.22. The topological polar surface area (TPSA) is 139 Å². The number of aryl methyl sites for hydroxylation is 1. The van der Waals surface area contributed by atoms with Crippen molar-refractivity contribution in [1.29, 1.82) is 0 Å². The number of nitrogens with zero attached hydrogens (tertiary/aromatic N) is 2. The van der Waals surface area contributed by atoms with Crippen molar-refractivity contribution >= 4 is 38.4 Å². The maximum absolute atomic E-state index is 12.9. The Balaban J connectivity index is 1.79. The van der Waals surface area contributed by atoms with Crippen LogP contribution in [0, 0.1) is 6.92 Å². The summed E-state index contributed by atoms with van der Waals surface area (Å²) in [7, 11) is -3.73. The van der Waals surface area contributed by atoms with Gasteiger partial charge in [-0.25, -0.2) is 18.3 Å². The lowest BCUT2D eigenvalue weighted by Crippen LogP contribution is -2.32. The third-order valence-electron chi connectivity index (χ3n) is 5.32. The number of anilines is 1. The number of carbonyl (C=O) groups is 2. The van der Waals surface area contributed by atoms with E-state index in [0.29, 0.717) is 24.0 Å². The molecule has 11 heteroatoms. The number of aromatic amines is 1. The first-order valence-electron chi connectivity index (χ1n) is 10.7. The molecule has 10 nitrogen and oxygen atoms in total. The van der Waals surface area contributed by atoms with Gasteiger partial charge in [0.05, 0.1) is 10.3 Å². The van der Waals surface area contributed by atoms with Crippen LogP contribution in [0.2, 0.25) is 0 Å². The molecule has 0 aliphatic rings. The zero-order valence-electron chi connectivity index (χ0n) is 19.3. The lowest BCUT2D eigenvalue weighted by molar-refractivity contribution is -0.123. The summed E-state index contributed by atoms with van der Waals surface area (Å²) < 4.78 is 32.4. The van der Waals surface area contributed by atoms with Crippen molar-refractivity contribution in [3.05, 3.63) is 64.1 Å². The molecule has 1 aromatic heterocycles. The molecule has 34 heavy (non-hydrogen) atoms. The number of benzene rings is 2. The molecule has 0 bridgehead atoms. The van der Waals surface area contributed by atoms with E-state index in [1.807, 2.05) is 0 Å². The average Bonchev–Trinajstić information content (AvgIpc) is 2.81. The molecule has 1 amide bonds. The van der Waals surface area contributed by atoms with Gasteiger partial charge in [-0.3, -0.25) is 9.59 Å². The number of H-pyrrole nitrogens is 1. The Hall–Kier alpha value is -3.57. The fraction of sp³-hybridized carbons (Fsp3) is 0.304. The standard InChI is InChI=1S/C23H26N4O6S/c1-5-27(6-2)34(31,32)19-13-16(12-11-14(19)3)24-21(28)15(4)33-23(30)20-17-9-7-8-10-18(17)22(29)26-25-20/h7-13,15H,5-6H2,1-4H3,(H,24,28)(H,26,29). The molecule has 1 heterocycles. The van der Waals surface area contributed by atoms with Crippen LogP contribution in [0.15, 0.2) is 52.2 Å². The van der Waals surface area contributed by atoms with E-state index in [0.717, 1.165) is 0 Å². The van der Waals surface area contributed by atoms with Crippen molar-refractivity contribution < 1.29 is 22.7 Å². The van der Waals surface area contributed by atoms with Gasteiger partial charge in [-0.05, 0) is 37.6 Å². The fourth-order valence-electron chi connectivity index (χ4n) is 3.44. The molecule has 0 saturated carbocycles. The molecule has 0 saturated heterocycles. The van der Waals surface area contributed by atoms with Gasteiger partial charge in [0.2, 0.25) is 10.0 Å². The number of rotatable bonds is 8. The van der Waals surface area contributed by atoms with Crippen molar-refractivity contribution in [1.82, 2.24) is 14.5 Å². The Bertz CT molecular complexity index is 1400. The minimum absolute atomic E-state index is 0.0857. The molecule has 0 spiro atoms. The summed E-state index contributed by atoms with van der Waals surface area (Å²) in [4.78, 5) is 37.3. The second-order valence-corrected chi connectivity index (χ2v) is 9.46. The SMILES string of the molecule is CCN(CC)S(=O)(=O)c1cc(NC(=O)C(C)OC(=O)c2n[nH]c(=O)c3ccccc23)ccc1C. The number of aromatic nitrogens is 2. The van der Waals surface area contributed by atoms with Gasteiger partial charge in [-0.15, -0.1) is 0 Å². The molecule has 2 aromatic carbocycles. The number of carbonyl (C=O) groups excluding carboxylic acids is 2. The summed E-state index contributed by atoms with van der Waals surface area (Å²) >= 11 is 0. The van der Waals surface area contributed by atoms with Crippen molar-refractivity contribution in [3.63, 3.8) is 0 Å². The van der Waals surface area contributed by atoms with E-state index in [-0.39, 0.29) is 21.7 Å². The normalized spacial score (nSPS) is 12.5. The van der Waals surface area contributed by atoms with Crippen molar-refractivity contribution in [2.75, 3.05) is 18.4 Å². The van der Waals surface area contributed by atoms with E-state index in [1.54, 1.807) is 57.2 Å². The highest BCUT2D eigenvalue weighted by molar-refractivity contribution is 7.89. The van der Waals surface area contributed by atoms with Gasteiger partial charge in [0.25, 0.3) is 11.5 Å². The van der Waals surface area contributed by atoms with Crippen molar-refractivity contribution in [2.24, 2.45) is 0 Å². The maximum atomic E-state index is 12.9. The van der Waals surface area contributed by atoms with Gasteiger partial charge in [0.15, 0.2) is 11.8 Å². The van der Waals surface area contributed by atoms with E-state index in [2.05, 4.69) is 15.5 Å². The first-order valence-corrected chi connectivity index (χ1v) is 12.1. The summed E-state index contributed by atoms with van der Waals surface area (Å²) in [5.74, 6) is -1.54. The van der Waals surface area contributed by atoms with E-state index >= 15 is 0 Å². The molecule has 0 radical (unpaired) electrons. The van der Waals surface area contributed by atoms with E-state index in [9.17, 15) is 22.8 Å². The first-order chi connectivity index (χ1) is 16.1. The quantitative estimate of drug-likeness (QED) is 0.466. The number of esters is 1. The van der Waals surface area contributed by atoms with Crippen LogP contribution in [0.5, 0.6) is 0 Å². The molecular formula is C23H26N4O6S. The Morgan fingerprint density at radius 3 is 2.41 bits per heavy atom. The Labute approximate surface area is 197 Å². The number of nitrogens with one attached hydrogen (secondary N) is 2. The van der Waals surface area contributed by atoms with Crippen LogP contribution < -0.4 is 10.9 Å². The monoisotopic (exact) mass is 486 g/mol. The molecule has 1 atom stereocenters.